The van der Waals surface area contributed by atoms with Gasteiger partial charge in [-0.25, -0.2) is 0 Å². The Morgan fingerprint density at radius 1 is 1.53 bits per heavy atom. The third kappa shape index (κ3) is 3.91. The monoisotopic (exact) mass is 211 g/mol. The number of hydrogen-bond acceptors (Lipinski definition) is 3. The van der Waals surface area contributed by atoms with E-state index >= 15 is 0 Å². The highest BCUT2D eigenvalue weighted by Gasteiger charge is 2.05. The van der Waals surface area contributed by atoms with Crippen LogP contribution in [0.15, 0.2) is 12.4 Å². The number of anilines is 1. The van der Waals surface area contributed by atoms with Crippen molar-refractivity contribution in [2.45, 2.75) is 45.7 Å². The average molecular weight is 211 g/mol. The Bertz CT molecular complexity index is 273. The van der Waals surface area contributed by atoms with Crippen molar-refractivity contribution < 1.29 is 5.11 Å². The molecule has 0 spiro atoms. The van der Waals surface area contributed by atoms with E-state index in [1.807, 2.05) is 12.4 Å². The highest BCUT2D eigenvalue weighted by atomic mass is 16.3. The summed E-state index contributed by atoms with van der Waals surface area (Å²) in [5, 5.41) is 16.4. The molecule has 4 heteroatoms. The molecule has 4 nitrogen and oxygen atoms in total. The summed E-state index contributed by atoms with van der Waals surface area (Å²) in [6.07, 6.45) is 7.25. The molecule has 15 heavy (non-hydrogen) atoms. The zero-order valence-electron chi connectivity index (χ0n) is 9.61. The van der Waals surface area contributed by atoms with Gasteiger partial charge in [-0.3, -0.25) is 4.68 Å². The first-order chi connectivity index (χ1) is 7.30. The van der Waals surface area contributed by atoms with Crippen LogP contribution >= 0.6 is 0 Å². The SMILES string of the molecule is CCCC(CC)Nc1cnn(CCO)c1. The molecule has 1 rings (SSSR count). The minimum Gasteiger partial charge on any atom is -0.394 e. The molecular formula is C11H21N3O. The fraction of sp³-hybridized carbons (Fsp3) is 0.727. The van der Waals surface area contributed by atoms with Crippen molar-refractivity contribution in [1.82, 2.24) is 9.78 Å². The highest BCUT2D eigenvalue weighted by molar-refractivity contribution is 5.39. The van der Waals surface area contributed by atoms with E-state index in [0.717, 1.165) is 12.1 Å². The summed E-state index contributed by atoms with van der Waals surface area (Å²) < 4.78 is 1.75. The molecule has 1 aromatic heterocycles. The van der Waals surface area contributed by atoms with Crippen LogP contribution in [0, 0.1) is 0 Å². The number of aliphatic hydroxyl groups excluding tert-OH is 1. The number of aromatic nitrogens is 2. The molecule has 0 aliphatic rings. The third-order valence-electron chi connectivity index (χ3n) is 2.46. The number of aliphatic hydroxyl groups is 1. The maximum Gasteiger partial charge on any atom is 0.0728 e. The predicted octanol–water partition coefficient (Wildman–Crippen LogP) is 1.87. The van der Waals surface area contributed by atoms with Crippen LogP contribution in [0.3, 0.4) is 0 Å². The Labute approximate surface area is 91.3 Å². The Kier molecular flexibility index (Phi) is 5.18. The van der Waals surface area contributed by atoms with E-state index in [0.29, 0.717) is 12.6 Å². The van der Waals surface area contributed by atoms with Crippen LogP contribution < -0.4 is 5.32 Å². The molecule has 0 saturated heterocycles. The minimum atomic E-state index is 0.132. The molecule has 1 unspecified atom stereocenters. The molecule has 0 amide bonds. The molecule has 1 heterocycles. The smallest absolute Gasteiger partial charge is 0.0728 e. The predicted molar refractivity (Wildman–Crippen MR) is 61.9 cm³/mol. The maximum atomic E-state index is 8.76. The van der Waals surface area contributed by atoms with Gasteiger partial charge in [0.2, 0.25) is 0 Å². The second kappa shape index (κ2) is 6.45. The van der Waals surface area contributed by atoms with Gasteiger partial charge in [0.15, 0.2) is 0 Å². The fourth-order valence-corrected chi connectivity index (χ4v) is 1.63. The molecule has 1 aromatic rings. The third-order valence-corrected chi connectivity index (χ3v) is 2.46. The molecule has 0 aliphatic carbocycles. The second-order valence-corrected chi connectivity index (χ2v) is 3.75. The zero-order valence-corrected chi connectivity index (χ0v) is 9.61. The Morgan fingerprint density at radius 2 is 2.33 bits per heavy atom. The van der Waals surface area contributed by atoms with E-state index in [2.05, 4.69) is 24.3 Å². The summed E-state index contributed by atoms with van der Waals surface area (Å²) in [5.41, 5.74) is 1.05. The molecule has 0 saturated carbocycles. The standard InChI is InChI=1S/C11H21N3O/c1-3-5-10(4-2)13-11-8-12-14(9-11)6-7-15/h8-10,13,15H,3-7H2,1-2H3. The van der Waals surface area contributed by atoms with Gasteiger partial charge >= 0.3 is 0 Å². The van der Waals surface area contributed by atoms with Crippen molar-refractivity contribution in [3.05, 3.63) is 12.4 Å². The average Bonchev–Trinajstić information content (AvgIpc) is 2.66. The molecule has 0 aliphatic heterocycles. The van der Waals surface area contributed by atoms with Crippen LogP contribution in [0.4, 0.5) is 5.69 Å². The van der Waals surface area contributed by atoms with Gasteiger partial charge in [0, 0.05) is 12.2 Å². The topological polar surface area (TPSA) is 50.1 Å². The Hall–Kier alpha value is -1.03. The number of hydrogen-bond donors (Lipinski definition) is 2. The molecule has 0 fully saturated rings. The number of rotatable bonds is 7. The molecule has 86 valence electrons. The lowest BCUT2D eigenvalue weighted by atomic mass is 10.1. The molecule has 0 radical (unpaired) electrons. The molecule has 2 N–H and O–H groups in total. The van der Waals surface area contributed by atoms with Crippen molar-refractivity contribution in [2.75, 3.05) is 11.9 Å². The van der Waals surface area contributed by atoms with Crippen LogP contribution in [0.1, 0.15) is 33.1 Å². The normalized spacial score (nSPS) is 12.7. The Morgan fingerprint density at radius 3 is 2.93 bits per heavy atom. The molecule has 0 aromatic carbocycles. The minimum absolute atomic E-state index is 0.132. The first kappa shape index (κ1) is 12.0. The summed E-state index contributed by atoms with van der Waals surface area (Å²) in [5.74, 6) is 0. The van der Waals surface area contributed by atoms with E-state index in [1.54, 1.807) is 4.68 Å². The van der Waals surface area contributed by atoms with Crippen molar-refractivity contribution >= 4 is 5.69 Å². The van der Waals surface area contributed by atoms with E-state index in [-0.39, 0.29) is 6.61 Å². The van der Waals surface area contributed by atoms with Crippen LogP contribution in [0.5, 0.6) is 0 Å². The summed E-state index contributed by atoms with van der Waals surface area (Å²) >= 11 is 0. The van der Waals surface area contributed by atoms with Gasteiger partial charge in [0.1, 0.15) is 0 Å². The number of nitrogens with zero attached hydrogens (tertiary/aromatic N) is 2. The lowest BCUT2D eigenvalue weighted by molar-refractivity contribution is 0.269. The summed E-state index contributed by atoms with van der Waals surface area (Å²) in [7, 11) is 0. The van der Waals surface area contributed by atoms with Crippen molar-refractivity contribution in [3.8, 4) is 0 Å². The van der Waals surface area contributed by atoms with E-state index in [9.17, 15) is 0 Å². The molecule has 1 atom stereocenters. The van der Waals surface area contributed by atoms with E-state index in [1.165, 1.54) is 12.8 Å². The van der Waals surface area contributed by atoms with Gasteiger partial charge in [-0.15, -0.1) is 0 Å². The molecular weight excluding hydrogens is 190 g/mol. The van der Waals surface area contributed by atoms with Crippen LogP contribution in [-0.2, 0) is 6.54 Å². The molecule has 0 bridgehead atoms. The second-order valence-electron chi connectivity index (χ2n) is 3.75. The van der Waals surface area contributed by atoms with Crippen molar-refractivity contribution in [2.24, 2.45) is 0 Å². The van der Waals surface area contributed by atoms with Crippen LogP contribution in [-0.4, -0.2) is 27.5 Å². The number of nitrogens with one attached hydrogen (secondary N) is 1. The Balaban J connectivity index is 2.47. The van der Waals surface area contributed by atoms with Crippen molar-refractivity contribution in [3.63, 3.8) is 0 Å². The van der Waals surface area contributed by atoms with Gasteiger partial charge < -0.3 is 10.4 Å². The highest BCUT2D eigenvalue weighted by Crippen LogP contribution is 2.11. The largest absolute Gasteiger partial charge is 0.394 e. The van der Waals surface area contributed by atoms with Crippen molar-refractivity contribution in [1.29, 1.82) is 0 Å². The van der Waals surface area contributed by atoms with Gasteiger partial charge in [0.25, 0.3) is 0 Å². The van der Waals surface area contributed by atoms with Gasteiger partial charge in [-0.1, -0.05) is 20.3 Å². The van der Waals surface area contributed by atoms with E-state index in [4.69, 9.17) is 5.11 Å². The van der Waals surface area contributed by atoms with Gasteiger partial charge in [-0.05, 0) is 12.8 Å². The summed E-state index contributed by atoms with van der Waals surface area (Å²) in [6, 6.07) is 0.529. The first-order valence-corrected chi connectivity index (χ1v) is 5.70. The first-order valence-electron chi connectivity index (χ1n) is 5.70. The van der Waals surface area contributed by atoms with E-state index < -0.39 is 0 Å². The maximum absolute atomic E-state index is 8.76. The van der Waals surface area contributed by atoms with Gasteiger partial charge in [-0.2, -0.15) is 5.10 Å². The van der Waals surface area contributed by atoms with Crippen LogP contribution in [0.25, 0.3) is 0 Å². The fourth-order valence-electron chi connectivity index (χ4n) is 1.63. The summed E-state index contributed by atoms with van der Waals surface area (Å²) in [6.45, 7) is 5.07. The lowest BCUT2D eigenvalue weighted by Crippen LogP contribution is -2.17. The zero-order chi connectivity index (χ0) is 11.1. The quantitative estimate of drug-likeness (QED) is 0.724. The lowest BCUT2D eigenvalue weighted by Gasteiger charge is -2.15. The van der Waals surface area contributed by atoms with Crippen LogP contribution in [0.2, 0.25) is 0 Å². The summed E-state index contributed by atoms with van der Waals surface area (Å²) in [4.78, 5) is 0. The van der Waals surface area contributed by atoms with Gasteiger partial charge in [0.05, 0.1) is 25.0 Å².